The molecule has 1 heterocycles. The molecule has 4 amide bonds. The normalized spacial score (nSPS) is 16.0. The molecule has 1 saturated heterocycles. The van der Waals surface area contributed by atoms with Crippen molar-refractivity contribution in [3.63, 3.8) is 0 Å². The first-order valence-corrected chi connectivity index (χ1v) is 9.90. The maximum atomic E-state index is 12.9. The van der Waals surface area contributed by atoms with Crippen molar-refractivity contribution >= 4 is 47.2 Å². The number of imide groups is 2. The number of carboxylic acid groups (broad SMARTS) is 1. The maximum Gasteiger partial charge on any atom is 0.335 e. The summed E-state index contributed by atoms with van der Waals surface area (Å²) in [4.78, 5) is 49.3. The smallest absolute Gasteiger partial charge is 0.335 e. The van der Waals surface area contributed by atoms with Crippen LogP contribution in [0.4, 0.5) is 10.5 Å². The minimum Gasteiger partial charge on any atom is -0.546 e. The van der Waals surface area contributed by atoms with E-state index in [2.05, 4.69) is 5.32 Å². The first-order valence-electron chi connectivity index (χ1n) is 9.52. The van der Waals surface area contributed by atoms with E-state index in [1.807, 2.05) is 0 Å². The van der Waals surface area contributed by atoms with E-state index in [4.69, 9.17) is 21.1 Å². The van der Waals surface area contributed by atoms with Crippen LogP contribution in [0.1, 0.15) is 19.4 Å². The van der Waals surface area contributed by atoms with Gasteiger partial charge in [-0.3, -0.25) is 14.9 Å². The second-order valence-corrected chi connectivity index (χ2v) is 7.09. The third-order valence-electron chi connectivity index (χ3n) is 4.40. The van der Waals surface area contributed by atoms with E-state index in [-0.39, 0.29) is 29.4 Å². The zero-order valence-corrected chi connectivity index (χ0v) is 17.8. The van der Waals surface area contributed by atoms with Gasteiger partial charge in [-0.25, -0.2) is 9.69 Å². The molecule has 1 fully saturated rings. The predicted molar refractivity (Wildman–Crippen MR) is 113 cm³/mol. The van der Waals surface area contributed by atoms with Gasteiger partial charge in [-0.05, 0) is 61.9 Å². The standard InChI is InChI=1S/C22H19ClN2O7/c1-3-31-18-11-13(4-9-17(18)32-12(2)21(28)29)10-16-19(26)24-22(30)25(20(16)27)15-7-5-14(23)6-8-15/h4-12H,3H2,1-2H3,(H,28,29)(H,24,26,30)/p-1/b16-10-/t12-/m0/s1. The molecular weight excluding hydrogens is 440 g/mol. The van der Waals surface area contributed by atoms with Gasteiger partial charge in [0.2, 0.25) is 0 Å². The topological polar surface area (TPSA) is 125 Å². The van der Waals surface area contributed by atoms with Crippen LogP contribution in [0.3, 0.4) is 0 Å². The number of carbonyl (C=O) groups excluding carboxylic acids is 4. The number of nitrogens with zero attached hydrogens (tertiary/aromatic N) is 1. The number of aliphatic carboxylic acids is 1. The number of barbiturate groups is 1. The minimum atomic E-state index is -1.39. The van der Waals surface area contributed by atoms with Gasteiger partial charge >= 0.3 is 6.03 Å². The molecule has 0 saturated carbocycles. The average molecular weight is 458 g/mol. The lowest BCUT2D eigenvalue weighted by molar-refractivity contribution is -0.312. The molecule has 10 heteroatoms. The maximum absolute atomic E-state index is 12.9. The molecule has 32 heavy (non-hydrogen) atoms. The fourth-order valence-corrected chi connectivity index (χ4v) is 2.99. The van der Waals surface area contributed by atoms with Crippen LogP contribution >= 0.6 is 11.6 Å². The Labute approximate surface area is 188 Å². The van der Waals surface area contributed by atoms with E-state index >= 15 is 0 Å². The van der Waals surface area contributed by atoms with Crippen LogP contribution in [0, 0.1) is 0 Å². The van der Waals surface area contributed by atoms with Crippen LogP contribution in [0.15, 0.2) is 48.0 Å². The van der Waals surface area contributed by atoms with Gasteiger partial charge in [0, 0.05) is 5.02 Å². The number of carboxylic acids is 1. The Kier molecular flexibility index (Phi) is 6.79. The summed E-state index contributed by atoms with van der Waals surface area (Å²) >= 11 is 5.86. The van der Waals surface area contributed by atoms with E-state index in [0.717, 1.165) is 4.90 Å². The van der Waals surface area contributed by atoms with E-state index in [1.165, 1.54) is 55.5 Å². The van der Waals surface area contributed by atoms with Gasteiger partial charge in [-0.1, -0.05) is 17.7 Å². The van der Waals surface area contributed by atoms with Gasteiger partial charge in [-0.15, -0.1) is 0 Å². The van der Waals surface area contributed by atoms with Crippen LogP contribution in [0.25, 0.3) is 6.08 Å². The van der Waals surface area contributed by atoms with E-state index in [0.29, 0.717) is 10.6 Å². The van der Waals surface area contributed by atoms with E-state index in [9.17, 15) is 24.3 Å². The zero-order valence-electron chi connectivity index (χ0n) is 17.1. The number of urea groups is 1. The molecule has 0 aliphatic carbocycles. The van der Waals surface area contributed by atoms with Crippen molar-refractivity contribution in [3.05, 3.63) is 58.6 Å². The summed E-state index contributed by atoms with van der Waals surface area (Å²) in [5.74, 6) is -2.69. The number of hydrogen-bond donors (Lipinski definition) is 1. The quantitative estimate of drug-likeness (QED) is 0.497. The molecule has 0 bridgehead atoms. The van der Waals surface area contributed by atoms with Crippen molar-refractivity contribution in [1.29, 1.82) is 0 Å². The van der Waals surface area contributed by atoms with Crippen LogP contribution in [0.2, 0.25) is 5.02 Å². The molecule has 2 aromatic rings. The number of hydrogen-bond acceptors (Lipinski definition) is 7. The van der Waals surface area contributed by atoms with Crippen LogP contribution in [0.5, 0.6) is 11.5 Å². The highest BCUT2D eigenvalue weighted by atomic mass is 35.5. The van der Waals surface area contributed by atoms with Crippen LogP contribution in [-0.2, 0) is 14.4 Å². The molecule has 1 N–H and O–H groups in total. The first kappa shape index (κ1) is 22.8. The number of carbonyl (C=O) groups is 4. The zero-order chi connectivity index (χ0) is 23.4. The van der Waals surface area contributed by atoms with Gasteiger partial charge in [-0.2, -0.15) is 0 Å². The third-order valence-corrected chi connectivity index (χ3v) is 4.65. The molecule has 1 aliphatic heterocycles. The van der Waals surface area contributed by atoms with Gasteiger partial charge < -0.3 is 19.4 Å². The lowest BCUT2D eigenvalue weighted by Crippen LogP contribution is -2.54. The molecule has 0 unspecified atom stereocenters. The summed E-state index contributed by atoms with van der Waals surface area (Å²) in [6.45, 7) is 3.30. The number of benzene rings is 2. The summed E-state index contributed by atoms with van der Waals surface area (Å²) in [6.07, 6.45) is 0.0738. The van der Waals surface area contributed by atoms with Gasteiger partial charge in [0.1, 0.15) is 11.7 Å². The van der Waals surface area contributed by atoms with Gasteiger partial charge in [0.05, 0.1) is 18.3 Å². The molecule has 9 nitrogen and oxygen atoms in total. The first-order chi connectivity index (χ1) is 15.2. The number of halogens is 1. The lowest BCUT2D eigenvalue weighted by atomic mass is 10.1. The highest BCUT2D eigenvalue weighted by Gasteiger charge is 2.36. The third kappa shape index (κ3) is 4.89. The number of anilines is 1. The van der Waals surface area contributed by atoms with Gasteiger partial charge in [0.25, 0.3) is 11.8 Å². The summed E-state index contributed by atoms with van der Waals surface area (Å²) in [5, 5.41) is 13.5. The van der Waals surface area contributed by atoms with Crippen molar-refractivity contribution < 1.29 is 33.8 Å². The Balaban J connectivity index is 1.96. The van der Waals surface area contributed by atoms with Crippen LogP contribution < -0.4 is 24.8 Å². The molecule has 0 aromatic heterocycles. The number of ether oxygens (including phenoxy) is 2. The molecule has 2 aromatic carbocycles. The lowest BCUT2D eigenvalue weighted by Gasteiger charge is -2.26. The second-order valence-electron chi connectivity index (χ2n) is 6.65. The predicted octanol–water partition coefficient (Wildman–Crippen LogP) is 1.92. The number of nitrogens with one attached hydrogen (secondary N) is 1. The molecule has 0 spiro atoms. The fraction of sp³-hybridized carbons (Fsp3) is 0.182. The van der Waals surface area contributed by atoms with Crippen LogP contribution in [-0.4, -0.2) is 36.5 Å². The Hall–Kier alpha value is -3.85. The van der Waals surface area contributed by atoms with Crippen molar-refractivity contribution in [3.8, 4) is 11.5 Å². The second kappa shape index (κ2) is 9.52. The monoisotopic (exact) mass is 457 g/mol. The van der Waals surface area contributed by atoms with E-state index in [1.54, 1.807) is 6.92 Å². The molecule has 1 aliphatic rings. The SMILES string of the molecule is CCOc1cc(/C=C2/C(=O)NC(=O)N(c3ccc(Cl)cc3)C2=O)ccc1O[C@@H](C)C(=O)[O-]. The number of amides is 4. The Morgan fingerprint density at radius 3 is 2.47 bits per heavy atom. The van der Waals surface area contributed by atoms with Gasteiger partial charge in [0.15, 0.2) is 11.5 Å². The molecule has 166 valence electrons. The minimum absolute atomic E-state index is 0.156. The number of rotatable bonds is 7. The summed E-state index contributed by atoms with van der Waals surface area (Å²) < 4.78 is 10.8. The summed E-state index contributed by atoms with van der Waals surface area (Å²) in [5.41, 5.74) is 0.356. The Morgan fingerprint density at radius 1 is 1.16 bits per heavy atom. The average Bonchev–Trinajstić information content (AvgIpc) is 2.74. The molecule has 3 rings (SSSR count). The molecular formula is C22H18ClN2O7-. The molecule has 0 radical (unpaired) electrons. The Morgan fingerprint density at radius 2 is 1.84 bits per heavy atom. The fourth-order valence-electron chi connectivity index (χ4n) is 2.87. The van der Waals surface area contributed by atoms with Crippen molar-refractivity contribution in [2.24, 2.45) is 0 Å². The molecule has 1 atom stereocenters. The van der Waals surface area contributed by atoms with Crippen molar-refractivity contribution in [2.45, 2.75) is 20.0 Å². The summed E-state index contributed by atoms with van der Waals surface area (Å²) in [6, 6.07) is 9.54. The van der Waals surface area contributed by atoms with E-state index < -0.39 is 29.9 Å². The summed E-state index contributed by atoms with van der Waals surface area (Å²) in [7, 11) is 0. The highest BCUT2D eigenvalue weighted by molar-refractivity contribution is 6.39. The highest BCUT2D eigenvalue weighted by Crippen LogP contribution is 2.31. The van der Waals surface area contributed by atoms with Crippen molar-refractivity contribution in [1.82, 2.24) is 5.32 Å². The largest absolute Gasteiger partial charge is 0.546 e. The van der Waals surface area contributed by atoms with Crippen molar-refractivity contribution in [2.75, 3.05) is 11.5 Å². The Bertz CT molecular complexity index is 1110.